The van der Waals surface area contributed by atoms with Crippen molar-refractivity contribution in [3.63, 3.8) is 0 Å². The molecule has 9 heteroatoms. The lowest BCUT2D eigenvalue weighted by molar-refractivity contribution is -0.122. The van der Waals surface area contributed by atoms with E-state index in [9.17, 15) is 19.2 Å². The van der Waals surface area contributed by atoms with Gasteiger partial charge in [0.2, 0.25) is 5.91 Å². The first kappa shape index (κ1) is 22.1. The van der Waals surface area contributed by atoms with Crippen LogP contribution in [0.3, 0.4) is 0 Å². The molecule has 5 rings (SSSR count). The molecule has 0 atom stereocenters. The summed E-state index contributed by atoms with van der Waals surface area (Å²) in [5, 5.41) is 4.01. The normalized spacial score (nSPS) is 19.1. The molecule has 2 aromatic carbocycles. The summed E-state index contributed by atoms with van der Waals surface area (Å²) in [4.78, 5) is 54.2. The predicted octanol–water partition coefficient (Wildman–Crippen LogP) is 2.08. The molecule has 3 aliphatic rings. The molecule has 2 saturated heterocycles. The Balaban J connectivity index is 1.25. The number of hydrogen-bond donors (Lipinski definition) is 1. The van der Waals surface area contributed by atoms with Crippen molar-refractivity contribution in [3.05, 3.63) is 64.2 Å². The highest BCUT2D eigenvalue weighted by atomic mass is 16.2. The number of benzene rings is 2. The molecule has 0 radical (unpaired) electrons. The third kappa shape index (κ3) is 3.92. The summed E-state index contributed by atoms with van der Waals surface area (Å²) in [6, 6.07) is 11.1. The van der Waals surface area contributed by atoms with Gasteiger partial charge in [-0.3, -0.25) is 24.6 Å². The number of anilines is 1. The van der Waals surface area contributed by atoms with Gasteiger partial charge >= 0.3 is 6.03 Å². The Morgan fingerprint density at radius 1 is 0.824 bits per heavy atom. The van der Waals surface area contributed by atoms with Crippen molar-refractivity contribution in [2.45, 2.75) is 26.8 Å². The standard InChI is InChI=1S/C25H27N5O4/c1-16-3-6-21(17(2)13-16)28-11-9-27(10-12-28)15-18-4-5-19-20(14-18)24(33)30(23(19)32)29-8-7-22(31)26-25(29)34/h3-6,13-14H,7-12,15H2,1-2H3,(H,26,31,34). The highest BCUT2D eigenvalue weighted by Gasteiger charge is 2.43. The molecule has 2 aromatic rings. The number of amides is 5. The Bertz CT molecular complexity index is 1200. The van der Waals surface area contributed by atoms with Crippen molar-refractivity contribution in [1.82, 2.24) is 20.2 Å². The van der Waals surface area contributed by atoms with Crippen molar-refractivity contribution in [3.8, 4) is 0 Å². The fourth-order valence-corrected chi connectivity index (χ4v) is 4.90. The van der Waals surface area contributed by atoms with Crippen molar-refractivity contribution < 1.29 is 19.2 Å². The van der Waals surface area contributed by atoms with Crippen LogP contribution in [-0.2, 0) is 11.3 Å². The van der Waals surface area contributed by atoms with E-state index in [0.29, 0.717) is 12.1 Å². The van der Waals surface area contributed by atoms with E-state index in [1.165, 1.54) is 16.8 Å². The lowest BCUT2D eigenvalue weighted by Gasteiger charge is -2.37. The summed E-state index contributed by atoms with van der Waals surface area (Å²) in [7, 11) is 0. The zero-order chi connectivity index (χ0) is 24.0. The van der Waals surface area contributed by atoms with Crippen molar-refractivity contribution in [2.75, 3.05) is 37.6 Å². The summed E-state index contributed by atoms with van der Waals surface area (Å²) < 4.78 is 0. The van der Waals surface area contributed by atoms with Crippen LogP contribution in [0.2, 0.25) is 0 Å². The number of carbonyl (C=O) groups is 4. The number of nitrogens with zero attached hydrogens (tertiary/aromatic N) is 4. The molecule has 176 valence electrons. The number of nitrogens with one attached hydrogen (secondary N) is 1. The van der Waals surface area contributed by atoms with Gasteiger partial charge in [-0.1, -0.05) is 23.8 Å². The molecule has 3 aliphatic heterocycles. The van der Waals surface area contributed by atoms with E-state index in [-0.39, 0.29) is 18.5 Å². The van der Waals surface area contributed by atoms with Gasteiger partial charge in [-0.25, -0.2) is 9.80 Å². The van der Waals surface area contributed by atoms with Crippen molar-refractivity contribution >= 4 is 29.4 Å². The number of hydrogen-bond acceptors (Lipinski definition) is 6. The van der Waals surface area contributed by atoms with Gasteiger partial charge < -0.3 is 4.90 Å². The average molecular weight is 462 g/mol. The third-order valence-corrected chi connectivity index (χ3v) is 6.67. The highest BCUT2D eigenvalue weighted by Crippen LogP contribution is 2.28. The lowest BCUT2D eigenvalue weighted by Crippen LogP contribution is -2.58. The van der Waals surface area contributed by atoms with Gasteiger partial charge in [-0.15, -0.1) is 0 Å². The summed E-state index contributed by atoms with van der Waals surface area (Å²) >= 11 is 0. The van der Waals surface area contributed by atoms with Gasteiger partial charge in [0.1, 0.15) is 0 Å². The van der Waals surface area contributed by atoms with Gasteiger partial charge in [0, 0.05) is 44.8 Å². The minimum Gasteiger partial charge on any atom is -0.369 e. The van der Waals surface area contributed by atoms with Crippen molar-refractivity contribution in [1.29, 1.82) is 0 Å². The first-order chi connectivity index (χ1) is 16.3. The number of urea groups is 1. The quantitative estimate of drug-likeness (QED) is 0.701. The number of hydrazine groups is 1. The second-order valence-electron chi connectivity index (χ2n) is 9.08. The molecule has 3 heterocycles. The Morgan fingerprint density at radius 2 is 1.56 bits per heavy atom. The first-order valence-electron chi connectivity index (χ1n) is 11.5. The van der Waals surface area contributed by atoms with Gasteiger partial charge in [0.25, 0.3) is 11.8 Å². The molecule has 0 aromatic heterocycles. The molecule has 0 aliphatic carbocycles. The van der Waals surface area contributed by atoms with Crippen LogP contribution in [0.15, 0.2) is 36.4 Å². The van der Waals surface area contributed by atoms with Crippen LogP contribution in [0.25, 0.3) is 0 Å². The van der Waals surface area contributed by atoms with E-state index in [2.05, 4.69) is 47.2 Å². The maximum Gasteiger partial charge on any atom is 0.343 e. The van der Waals surface area contributed by atoms with Crippen LogP contribution in [0.1, 0.15) is 43.8 Å². The summed E-state index contributed by atoms with van der Waals surface area (Å²) in [5.41, 5.74) is 5.33. The number of rotatable bonds is 4. The van der Waals surface area contributed by atoms with Gasteiger partial charge in [-0.2, -0.15) is 5.01 Å². The van der Waals surface area contributed by atoms with Crippen LogP contribution in [-0.4, -0.2) is 71.4 Å². The summed E-state index contributed by atoms with van der Waals surface area (Å²) in [6.07, 6.45) is 0.0402. The van der Waals surface area contributed by atoms with Crippen LogP contribution in [0.5, 0.6) is 0 Å². The second kappa shape index (κ2) is 8.57. The lowest BCUT2D eigenvalue weighted by atomic mass is 10.0. The summed E-state index contributed by atoms with van der Waals surface area (Å²) in [6.45, 7) is 8.54. The van der Waals surface area contributed by atoms with E-state index in [1.54, 1.807) is 12.1 Å². The van der Waals surface area contributed by atoms with Gasteiger partial charge in [0.05, 0.1) is 17.7 Å². The Kier molecular flexibility index (Phi) is 5.57. The van der Waals surface area contributed by atoms with Crippen LogP contribution in [0, 0.1) is 13.8 Å². The first-order valence-corrected chi connectivity index (χ1v) is 11.5. The van der Waals surface area contributed by atoms with Crippen LogP contribution < -0.4 is 10.2 Å². The fourth-order valence-electron chi connectivity index (χ4n) is 4.90. The number of carbonyl (C=O) groups excluding carboxylic acids is 4. The smallest absolute Gasteiger partial charge is 0.343 e. The molecule has 2 fully saturated rings. The highest BCUT2D eigenvalue weighted by molar-refractivity contribution is 6.22. The second-order valence-corrected chi connectivity index (χ2v) is 9.08. The monoisotopic (exact) mass is 461 g/mol. The van der Waals surface area contributed by atoms with Crippen LogP contribution >= 0.6 is 0 Å². The van der Waals surface area contributed by atoms with E-state index >= 15 is 0 Å². The maximum absolute atomic E-state index is 13.0. The van der Waals surface area contributed by atoms with Crippen molar-refractivity contribution in [2.24, 2.45) is 0 Å². The molecule has 1 N–H and O–H groups in total. The minimum absolute atomic E-state index is 0.00622. The predicted molar refractivity (Wildman–Crippen MR) is 125 cm³/mol. The molecule has 0 saturated carbocycles. The third-order valence-electron chi connectivity index (χ3n) is 6.67. The zero-order valence-electron chi connectivity index (χ0n) is 19.3. The molecule has 0 bridgehead atoms. The average Bonchev–Trinajstić information content (AvgIpc) is 3.04. The molecule has 9 nitrogen and oxygen atoms in total. The van der Waals surface area contributed by atoms with Gasteiger partial charge in [0.15, 0.2) is 0 Å². The topological polar surface area (TPSA) is 93.3 Å². The molecule has 0 spiro atoms. The number of aryl methyl sites for hydroxylation is 2. The molecule has 34 heavy (non-hydrogen) atoms. The zero-order valence-corrected chi connectivity index (χ0v) is 19.3. The van der Waals surface area contributed by atoms with E-state index in [4.69, 9.17) is 0 Å². The molecular formula is C25H27N5O4. The maximum atomic E-state index is 13.0. The SMILES string of the molecule is Cc1ccc(N2CCN(Cc3ccc4c(c3)C(=O)N(N3CCC(=O)NC3=O)C4=O)CC2)c(C)c1. The number of piperazine rings is 1. The van der Waals surface area contributed by atoms with E-state index < -0.39 is 23.8 Å². The number of fused-ring (bicyclic) bond motifs is 1. The minimum atomic E-state index is -0.757. The Hall–Kier alpha value is -3.72. The fraction of sp³-hybridized carbons (Fsp3) is 0.360. The molecule has 5 amide bonds. The van der Waals surface area contributed by atoms with Crippen LogP contribution in [0.4, 0.5) is 10.5 Å². The van der Waals surface area contributed by atoms with Gasteiger partial charge in [-0.05, 0) is 43.2 Å². The Labute approximate surface area is 197 Å². The largest absolute Gasteiger partial charge is 0.369 e. The Morgan fingerprint density at radius 3 is 2.26 bits per heavy atom. The van der Waals surface area contributed by atoms with E-state index in [1.807, 2.05) is 6.07 Å². The summed E-state index contributed by atoms with van der Waals surface area (Å²) in [5.74, 6) is -1.50. The number of imide groups is 2. The molecular weight excluding hydrogens is 434 g/mol. The molecule has 0 unspecified atom stereocenters. The van der Waals surface area contributed by atoms with E-state index in [0.717, 1.165) is 41.8 Å².